The van der Waals surface area contributed by atoms with Crippen LogP contribution in [0.1, 0.15) is 24.2 Å². The average Bonchev–Trinajstić information content (AvgIpc) is 3.29. The molecule has 8 nitrogen and oxygen atoms in total. The number of nitrogens with one attached hydrogen (secondary N) is 2. The summed E-state index contributed by atoms with van der Waals surface area (Å²) in [5.74, 6) is 1.14. The summed E-state index contributed by atoms with van der Waals surface area (Å²) in [4.78, 5) is 28.7. The molecule has 0 aliphatic rings. The first-order valence-corrected chi connectivity index (χ1v) is 11.4. The largest absolute Gasteiger partial charge is 0.486 e. The number of nitrogens with zero attached hydrogens (tertiary/aromatic N) is 4. The van der Waals surface area contributed by atoms with Crippen LogP contribution >= 0.6 is 11.6 Å². The van der Waals surface area contributed by atoms with Gasteiger partial charge in [0.15, 0.2) is 0 Å². The van der Waals surface area contributed by atoms with Crippen LogP contribution < -0.4 is 15.6 Å². The Hall–Kier alpha value is -4.17. The van der Waals surface area contributed by atoms with Gasteiger partial charge in [-0.25, -0.2) is 9.97 Å². The van der Waals surface area contributed by atoms with Gasteiger partial charge in [0.05, 0.1) is 40.5 Å². The number of pyridine rings is 3. The third-order valence-electron chi connectivity index (χ3n) is 5.73. The highest BCUT2D eigenvalue weighted by molar-refractivity contribution is 6.32. The minimum atomic E-state index is -0.295. The standard InChI is InChI=1S/C26H23ClN6O2/c1-16(31-25-11-17(6-8-30-25)23-13-28-15-33(23)2)20-9-18-10-21(27)24(12-22(18)32-26(20)34)35-14-19-5-3-4-7-29-19/h3-13,15-16H,14H2,1-2H3,(H,30,31)(H,32,34)/t16-/m0/s1. The summed E-state index contributed by atoms with van der Waals surface area (Å²) in [6.07, 6.45) is 6.99. The van der Waals surface area contributed by atoms with Crippen LogP contribution in [0.25, 0.3) is 22.2 Å². The van der Waals surface area contributed by atoms with Gasteiger partial charge in [-0.05, 0) is 43.3 Å². The zero-order chi connectivity index (χ0) is 24.4. The SMILES string of the molecule is C[C@H](Nc1cc(-c2cncn2C)ccn1)c1cc2cc(Cl)c(OCc3ccccn3)cc2[nH]c1=O. The van der Waals surface area contributed by atoms with Crippen LogP contribution in [0.3, 0.4) is 0 Å². The van der Waals surface area contributed by atoms with Gasteiger partial charge in [-0.2, -0.15) is 0 Å². The predicted molar refractivity (Wildman–Crippen MR) is 137 cm³/mol. The smallest absolute Gasteiger partial charge is 0.253 e. The Morgan fingerprint density at radius 3 is 2.80 bits per heavy atom. The summed E-state index contributed by atoms with van der Waals surface area (Å²) >= 11 is 6.48. The molecule has 2 N–H and O–H groups in total. The second-order valence-corrected chi connectivity index (χ2v) is 8.63. The molecule has 1 atom stereocenters. The first-order valence-electron chi connectivity index (χ1n) is 11.1. The third kappa shape index (κ3) is 4.88. The third-order valence-corrected chi connectivity index (χ3v) is 6.03. The van der Waals surface area contributed by atoms with Crippen LogP contribution in [0.15, 0.2) is 78.2 Å². The molecule has 0 spiro atoms. The van der Waals surface area contributed by atoms with E-state index in [0.717, 1.165) is 22.3 Å². The van der Waals surface area contributed by atoms with Crippen molar-refractivity contribution in [1.82, 2.24) is 24.5 Å². The summed E-state index contributed by atoms with van der Waals surface area (Å²) in [7, 11) is 1.94. The highest BCUT2D eigenvalue weighted by atomic mass is 35.5. The van der Waals surface area contributed by atoms with Gasteiger partial charge < -0.3 is 19.6 Å². The number of aromatic nitrogens is 5. The number of fused-ring (bicyclic) bond motifs is 1. The van der Waals surface area contributed by atoms with E-state index in [4.69, 9.17) is 16.3 Å². The molecule has 0 saturated heterocycles. The minimum absolute atomic E-state index is 0.196. The van der Waals surface area contributed by atoms with Crippen LogP contribution in [0.4, 0.5) is 5.82 Å². The van der Waals surface area contributed by atoms with Crippen LogP contribution in [0, 0.1) is 0 Å². The monoisotopic (exact) mass is 486 g/mol. The molecule has 5 aromatic rings. The lowest BCUT2D eigenvalue weighted by Crippen LogP contribution is -2.19. The first kappa shape index (κ1) is 22.6. The van der Waals surface area contributed by atoms with Crippen LogP contribution in [-0.4, -0.2) is 24.5 Å². The van der Waals surface area contributed by atoms with Crippen molar-refractivity contribution in [2.75, 3.05) is 5.32 Å². The van der Waals surface area contributed by atoms with Gasteiger partial charge in [0.25, 0.3) is 5.56 Å². The van der Waals surface area contributed by atoms with E-state index in [9.17, 15) is 4.79 Å². The van der Waals surface area contributed by atoms with Crippen molar-refractivity contribution < 1.29 is 4.74 Å². The number of benzene rings is 1. The van der Waals surface area contributed by atoms with Crippen LogP contribution in [0.2, 0.25) is 5.02 Å². The molecule has 0 aliphatic carbocycles. The molecule has 35 heavy (non-hydrogen) atoms. The van der Waals surface area contributed by atoms with Crippen molar-refractivity contribution in [3.63, 3.8) is 0 Å². The average molecular weight is 487 g/mol. The minimum Gasteiger partial charge on any atom is -0.486 e. The molecular weight excluding hydrogens is 464 g/mol. The Balaban J connectivity index is 1.38. The number of anilines is 1. The maximum Gasteiger partial charge on any atom is 0.253 e. The van der Waals surface area contributed by atoms with E-state index in [2.05, 4.69) is 25.3 Å². The number of ether oxygens (including phenoxy) is 1. The molecule has 0 bridgehead atoms. The number of hydrogen-bond acceptors (Lipinski definition) is 6. The molecule has 0 radical (unpaired) electrons. The number of halogens is 1. The zero-order valence-electron chi connectivity index (χ0n) is 19.2. The molecule has 5 rings (SSSR count). The van der Waals surface area contributed by atoms with Gasteiger partial charge in [-0.15, -0.1) is 0 Å². The number of H-pyrrole nitrogens is 1. The van der Waals surface area contributed by atoms with Crippen molar-refractivity contribution in [1.29, 1.82) is 0 Å². The lowest BCUT2D eigenvalue weighted by molar-refractivity contribution is 0.302. The highest BCUT2D eigenvalue weighted by Gasteiger charge is 2.15. The van der Waals surface area contributed by atoms with Gasteiger partial charge in [-0.3, -0.25) is 9.78 Å². The van der Waals surface area contributed by atoms with Crippen LogP contribution in [0.5, 0.6) is 5.75 Å². The van der Waals surface area contributed by atoms with E-state index in [0.29, 0.717) is 27.7 Å². The molecule has 0 saturated carbocycles. The molecule has 176 valence electrons. The Bertz CT molecular complexity index is 1550. The van der Waals surface area contributed by atoms with Crippen molar-refractivity contribution in [3.05, 3.63) is 100 Å². The maximum atomic E-state index is 12.9. The Labute approximate surface area is 206 Å². The van der Waals surface area contributed by atoms with E-state index in [1.807, 2.05) is 54.9 Å². The van der Waals surface area contributed by atoms with Crippen molar-refractivity contribution in [3.8, 4) is 17.0 Å². The fraction of sp³-hybridized carbons (Fsp3) is 0.154. The Morgan fingerprint density at radius 1 is 1.14 bits per heavy atom. The summed E-state index contributed by atoms with van der Waals surface area (Å²) < 4.78 is 7.77. The lowest BCUT2D eigenvalue weighted by Gasteiger charge is -2.16. The molecule has 0 aliphatic heterocycles. The summed E-state index contributed by atoms with van der Waals surface area (Å²) in [6.45, 7) is 2.20. The van der Waals surface area contributed by atoms with E-state index in [1.54, 1.807) is 37.1 Å². The normalized spacial score (nSPS) is 12.0. The van der Waals surface area contributed by atoms with Crippen LogP contribution in [-0.2, 0) is 13.7 Å². The highest BCUT2D eigenvalue weighted by Crippen LogP contribution is 2.31. The molecule has 0 unspecified atom stereocenters. The maximum absolute atomic E-state index is 12.9. The van der Waals surface area contributed by atoms with Crippen molar-refractivity contribution in [2.45, 2.75) is 19.6 Å². The number of imidazole rings is 1. The fourth-order valence-electron chi connectivity index (χ4n) is 3.90. The quantitative estimate of drug-likeness (QED) is 0.331. The molecule has 0 fully saturated rings. The number of aromatic amines is 1. The molecule has 9 heteroatoms. The molecule has 0 amide bonds. The van der Waals surface area contributed by atoms with Crippen molar-refractivity contribution >= 4 is 28.3 Å². The molecule has 4 aromatic heterocycles. The van der Waals surface area contributed by atoms with Gasteiger partial charge in [0, 0.05) is 42.0 Å². The Morgan fingerprint density at radius 2 is 2.03 bits per heavy atom. The zero-order valence-corrected chi connectivity index (χ0v) is 20.0. The van der Waals surface area contributed by atoms with Crippen molar-refractivity contribution in [2.24, 2.45) is 7.05 Å². The first-order chi connectivity index (χ1) is 17.0. The molecule has 1 aromatic carbocycles. The van der Waals surface area contributed by atoms with Gasteiger partial charge in [0.1, 0.15) is 18.2 Å². The van der Waals surface area contributed by atoms with E-state index < -0.39 is 0 Å². The fourth-order valence-corrected chi connectivity index (χ4v) is 4.12. The summed E-state index contributed by atoms with van der Waals surface area (Å²) in [5, 5.41) is 4.59. The lowest BCUT2D eigenvalue weighted by atomic mass is 10.1. The van der Waals surface area contributed by atoms with Gasteiger partial charge >= 0.3 is 0 Å². The van der Waals surface area contributed by atoms with E-state index in [1.165, 1.54) is 0 Å². The molecular formula is C26H23ClN6O2. The predicted octanol–water partition coefficient (Wildman–Crippen LogP) is 5.12. The van der Waals surface area contributed by atoms with Gasteiger partial charge in [0.2, 0.25) is 0 Å². The summed E-state index contributed by atoms with van der Waals surface area (Å²) in [6, 6.07) is 14.5. The van der Waals surface area contributed by atoms with E-state index >= 15 is 0 Å². The number of hydrogen-bond donors (Lipinski definition) is 2. The Kier molecular flexibility index (Phi) is 6.20. The van der Waals surface area contributed by atoms with Gasteiger partial charge in [-0.1, -0.05) is 17.7 Å². The second-order valence-electron chi connectivity index (χ2n) is 8.22. The number of rotatable bonds is 7. The number of aryl methyl sites for hydroxylation is 1. The molecule has 4 heterocycles. The summed E-state index contributed by atoms with van der Waals surface area (Å²) in [5.41, 5.74) is 3.76. The topological polar surface area (TPSA) is 97.7 Å². The second kappa shape index (κ2) is 9.60. The van der Waals surface area contributed by atoms with E-state index in [-0.39, 0.29) is 18.2 Å².